The first-order valence-corrected chi connectivity index (χ1v) is 6.29. The lowest BCUT2D eigenvalue weighted by atomic mass is 10.2. The highest BCUT2D eigenvalue weighted by molar-refractivity contribution is 6.32. The van der Waals surface area contributed by atoms with E-state index in [-0.39, 0.29) is 6.61 Å². The number of para-hydroxylation sites is 1. The normalized spacial score (nSPS) is 10.2. The summed E-state index contributed by atoms with van der Waals surface area (Å²) in [7, 11) is 0. The van der Waals surface area contributed by atoms with E-state index in [1.165, 1.54) is 0 Å². The molecule has 1 aromatic carbocycles. The van der Waals surface area contributed by atoms with E-state index >= 15 is 0 Å². The largest absolute Gasteiger partial charge is 0.492 e. The van der Waals surface area contributed by atoms with Gasteiger partial charge in [0.15, 0.2) is 0 Å². The first-order valence-electron chi connectivity index (χ1n) is 5.91. The quantitative estimate of drug-likeness (QED) is 0.562. The summed E-state index contributed by atoms with van der Waals surface area (Å²) in [5.41, 5.74) is 0.739. The molecule has 0 amide bonds. The molecule has 0 radical (unpaired) electrons. The van der Waals surface area contributed by atoms with Gasteiger partial charge in [0.2, 0.25) is 0 Å². The molecule has 0 heterocycles. The summed E-state index contributed by atoms with van der Waals surface area (Å²) >= 11 is 6.02. The molecule has 1 N–H and O–H groups in total. The number of unbranched alkanes of at least 4 members (excludes halogenated alkanes) is 3. The summed E-state index contributed by atoms with van der Waals surface area (Å²) in [5, 5.41) is 9.72. The van der Waals surface area contributed by atoms with Gasteiger partial charge in [-0.3, -0.25) is 0 Å². The van der Waals surface area contributed by atoms with Gasteiger partial charge in [0.25, 0.3) is 0 Å². The molecule has 0 aliphatic carbocycles. The van der Waals surface area contributed by atoms with Crippen LogP contribution in [0.5, 0.6) is 5.75 Å². The summed E-state index contributed by atoms with van der Waals surface area (Å²) in [6.45, 7) is 4.27. The molecular formula is C14H19ClO2. The van der Waals surface area contributed by atoms with Crippen molar-refractivity contribution in [1.29, 1.82) is 0 Å². The highest BCUT2D eigenvalue weighted by atomic mass is 35.5. The van der Waals surface area contributed by atoms with E-state index in [1.54, 1.807) is 6.07 Å². The molecule has 0 saturated carbocycles. The Kier molecular flexibility index (Phi) is 6.75. The van der Waals surface area contributed by atoms with E-state index in [4.69, 9.17) is 21.4 Å². The molecule has 0 aromatic heterocycles. The van der Waals surface area contributed by atoms with E-state index in [0.717, 1.165) is 31.2 Å². The number of benzene rings is 1. The lowest BCUT2D eigenvalue weighted by molar-refractivity contribution is 0.260. The molecular weight excluding hydrogens is 236 g/mol. The molecule has 0 spiro atoms. The van der Waals surface area contributed by atoms with Gasteiger partial charge in [-0.2, -0.15) is 0 Å². The van der Waals surface area contributed by atoms with Crippen LogP contribution in [0.1, 0.15) is 31.2 Å². The first-order chi connectivity index (χ1) is 8.29. The third-order valence-electron chi connectivity index (χ3n) is 2.52. The molecule has 1 rings (SSSR count). The maximum absolute atomic E-state index is 9.17. The number of hydrogen-bond donors (Lipinski definition) is 1. The number of ether oxygens (including phenoxy) is 1. The minimum absolute atomic E-state index is 0.0492. The third-order valence-corrected chi connectivity index (χ3v) is 2.82. The summed E-state index contributed by atoms with van der Waals surface area (Å²) in [4.78, 5) is 0. The molecule has 0 unspecified atom stereocenters. The van der Waals surface area contributed by atoms with Crippen LogP contribution in [0.3, 0.4) is 0 Å². The fourth-order valence-electron chi connectivity index (χ4n) is 1.58. The highest BCUT2D eigenvalue weighted by Gasteiger charge is 2.06. The topological polar surface area (TPSA) is 29.5 Å². The Bertz CT molecular complexity index is 350. The van der Waals surface area contributed by atoms with Crippen molar-refractivity contribution in [1.82, 2.24) is 0 Å². The minimum Gasteiger partial charge on any atom is -0.492 e. The molecule has 0 aliphatic heterocycles. The second-order valence-corrected chi connectivity index (χ2v) is 4.28. The van der Waals surface area contributed by atoms with Gasteiger partial charge in [0.05, 0.1) is 18.2 Å². The van der Waals surface area contributed by atoms with E-state index in [2.05, 4.69) is 6.58 Å². The Morgan fingerprint density at radius 3 is 2.82 bits per heavy atom. The van der Waals surface area contributed by atoms with Gasteiger partial charge in [-0.1, -0.05) is 29.8 Å². The van der Waals surface area contributed by atoms with Crippen molar-refractivity contribution in [2.24, 2.45) is 0 Å². The number of halogens is 1. The van der Waals surface area contributed by atoms with Crippen molar-refractivity contribution in [3.05, 3.63) is 41.4 Å². The molecule has 0 fully saturated rings. The van der Waals surface area contributed by atoms with Crippen LogP contribution in [-0.2, 0) is 6.61 Å². The molecule has 0 bridgehead atoms. The van der Waals surface area contributed by atoms with Crippen LogP contribution in [0, 0.1) is 0 Å². The summed E-state index contributed by atoms with van der Waals surface area (Å²) < 4.78 is 5.62. The molecule has 3 heteroatoms. The van der Waals surface area contributed by atoms with Crippen molar-refractivity contribution in [2.75, 3.05) is 6.61 Å². The zero-order chi connectivity index (χ0) is 12.5. The lowest BCUT2D eigenvalue weighted by Crippen LogP contribution is -2.01. The summed E-state index contributed by atoms with van der Waals surface area (Å²) in [5.74, 6) is 0.611. The van der Waals surface area contributed by atoms with Gasteiger partial charge in [-0.05, 0) is 31.7 Å². The van der Waals surface area contributed by atoms with E-state index in [9.17, 15) is 0 Å². The summed E-state index contributed by atoms with van der Waals surface area (Å²) in [6, 6.07) is 5.40. The van der Waals surface area contributed by atoms with Crippen LogP contribution < -0.4 is 4.74 Å². The lowest BCUT2D eigenvalue weighted by Gasteiger charge is -2.11. The zero-order valence-electron chi connectivity index (χ0n) is 9.99. The van der Waals surface area contributed by atoms with Crippen LogP contribution in [0.15, 0.2) is 30.9 Å². The van der Waals surface area contributed by atoms with Crippen LogP contribution in [0.25, 0.3) is 0 Å². The van der Waals surface area contributed by atoms with Gasteiger partial charge < -0.3 is 9.84 Å². The maximum atomic E-state index is 9.17. The molecule has 17 heavy (non-hydrogen) atoms. The van der Waals surface area contributed by atoms with Gasteiger partial charge in [-0.15, -0.1) is 6.58 Å². The Morgan fingerprint density at radius 2 is 2.12 bits per heavy atom. The van der Waals surface area contributed by atoms with Gasteiger partial charge in [0.1, 0.15) is 5.75 Å². The van der Waals surface area contributed by atoms with Crippen LogP contribution in [-0.4, -0.2) is 11.7 Å². The number of aliphatic hydroxyl groups is 1. The van der Waals surface area contributed by atoms with Crippen molar-refractivity contribution in [3.8, 4) is 5.75 Å². The van der Waals surface area contributed by atoms with Gasteiger partial charge >= 0.3 is 0 Å². The molecule has 1 aromatic rings. The Hall–Kier alpha value is -0.990. The predicted molar refractivity (Wildman–Crippen MR) is 71.5 cm³/mol. The number of aliphatic hydroxyl groups excluding tert-OH is 1. The standard InChI is InChI=1S/C14H19ClO2/c1-2-3-4-5-6-10-17-14-12(11-16)8-7-9-13(14)15/h2,7-9,16H,1,3-6,10-11H2. The number of allylic oxidation sites excluding steroid dienone is 1. The van der Waals surface area contributed by atoms with Gasteiger partial charge in [0, 0.05) is 5.56 Å². The second kappa shape index (κ2) is 8.15. The SMILES string of the molecule is C=CCCCCCOc1c(Cl)cccc1CO. The predicted octanol–water partition coefficient (Wildman–Crippen LogP) is 3.96. The van der Waals surface area contributed by atoms with Crippen LogP contribution in [0.4, 0.5) is 0 Å². The minimum atomic E-state index is -0.0492. The van der Waals surface area contributed by atoms with Crippen molar-refractivity contribution >= 4 is 11.6 Å². The van der Waals surface area contributed by atoms with Crippen LogP contribution in [0.2, 0.25) is 5.02 Å². The Labute approximate surface area is 108 Å². The van der Waals surface area contributed by atoms with Crippen LogP contribution >= 0.6 is 11.6 Å². The second-order valence-electron chi connectivity index (χ2n) is 3.87. The van der Waals surface area contributed by atoms with Crippen molar-refractivity contribution in [2.45, 2.75) is 32.3 Å². The zero-order valence-corrected chi connectivity index (χ0v) is 10.7. The Morgan fingerprint density at radius 1 is 1.29 bits per heavy atom. The molecule has 94 valence electrons. The van der Waals surface area contributed by atoms with E-state index in [1.807, 2.05) is 18.2 Å². The van der Waals surface area contributed by atoms with Crippen molar-refractivity contribution in [3.63, 3.8) is 0 Å². The molecule has 0 aliphatic rings. The number of hydrogen-bond acceptors (Lipinski definition) is 2. The smallest absolute Gasteiger partial charge is 0.143 e. The van der Waals surface area contributed by atoms with E-state index in [0.29, 0.717) is 17.4 Å². The number of rotatable bonds is 8. The molecule has 2 nitrogen and oxygen atoms in total. The highest BCUT2D eigenvalue weighted by Crippen LogP contribution is 2.28. The first kappa shape index (κ1) is 14.1. The van der Waals surface area contributed by atoms with Gasteiger partial charge in [-0.25, -0.2) is 0 Å². The third kappa shape index (κ3) is 4.80. The molecule has 0 saturated heterocycles. The summed E-state index contributed by atoms with van der Waals surface area (Å²) in [6.07, 6.45) is 6.23. The average molecular weight is 255 g/mol. The fourth-order valence-corrected chi connectivity index (χ4v) is 1.83. The van der Waals surface area contributed by atoms with Crippen molar-refractivity contribution < 1.29 is 9.84 Å². The fraction of sp³-hybridized carbons (Fsp3) is 0.429. The molecule has 0 atom stereocenters. The average Bonchev–Trinajstić information content (AvgIpc) is 2.35. The maximum Gasteiger partial charge on any atom is 0.143 e. The van der Waals surface area contributed by atoms with E-state index < -0.39 is 0 Å². The monoisotopic (exact) mass is 254 g/mol. The Balaban J connectivity index is 2.38.